The average Bonchev–Trinajstić information content (AvgIpc) is 2.57. The molecule has 22 heavy (non-hydrogen) atoms. The smallest absolute Gasteiger partial charge is 0.251 e. The molecule has 0 saturated carbocycles. The molecule has 1 saturated heterocycles. The standard InChI is InChI=1S/C17H27N3O2/c1-3-16(13-21)20-9-7-19(8-10-20)12-14-5-4-6-15(11-14)17(22)18-2/h4-6,11,16,21H,3,7-10,12-13H2,1-2H3,(H,18,22). The number of nitrogens with one attached hydrogen (secondary N) is 1. The maximum atomic E-state index is 11.7. The molecule has 1 heterocycles. The van der Waals surface area contributed by atoms with Crippen LogP contribution in [0.2, 0.25) is 0 Å². The van der Waals surface area contributed by atoms with Crippen LogP contribution in [-0.4, -0.2) is 66.7 Å². The Hall–Kier alpha value is -1.43. The summed E-state index contributed by atoms with van der Waals surface area (Å²) in [4.78, 5) is 16.5. The monoisotopic (exact) mass is 305 g/mol. The fraction of sp³-hybridized carbons (Fsp3) is 0.588. The number of hydrogen-bond acceptors (Lipinski definition) is 4. The molecule has 0 spiro atoms. The molecule has 2 rings (SSSR count). The van der Waals surface area contributed by atoms with Crippen molar-refractivity contribution in [3.05, 3.63) is 35.4 Å². The molecule has 1 amide bonds. The van der Waals surface area contributed by atoms with Gasteiger partial charge in [0.05, 0.1) is 6.61 Å². The summed E-state index contributed by atoms with van der Waals surface area (Å²) >= 11 is 0. The molecular weight excluding hydrogens is 278 g/mol. The number of amides is 1. The van der Waals surface area contributed by atoms with E-state index < -0.39 is 0 Å². The highest BCUT2D eigenvalue weighted by Gasteiger charge is 2.22. The molecule has 1 fully saturated rings. The maximum absolute atomic E-state index is 11.7. The quantitative estimate of drug-likeness (QED) is 0.821. The Kier molecular flexibility index (Phi) is 6.36. The number of hydrogen-bond donors (Lipinski definition) is 2. The molecule has 1 aliphatic heterocycles. The number of aliphatic hydroxyl groups excluding tert-OH is 1. The van der Waals surface area contributed by atoms with Crippen molar-refractivity contribution in [1.82, 2.24) is 15.1 Å². The van der Waals surface area contributed by atoms with Gasteiger partial charge in [0.15, 0.2) is 0 Å². The van der Waals surface area contributed by atoms with Crippen LogP contribution in [0.5, 0.6) is 0 Å². The van der Waals surface area contributed by atoms with Crippen molar-refractivity contribution in [3.63, 3.8) is 0 Å². The Morgan fingerprint density at radius 3 is 2.64 bits per heavy atom. The SMILES string of the molecule is CCC(CO)N1CCN(Cc2cccc(C(=O)NC)c2)CC1. The summed E-state index contributed by atoms with van der Waals surface area (Å²) in [5, 5.41) is 12.1. The van der Waals surface area contributed by atoms with Crippen LogP contribution >= 0.6 is 0 Å². The van der Waals surface area contributed by atoms with Gasteiger partial charge in [0.2, 0.25) is 0 Å². The molecule has 1 unspecified atom stereocenters. The molecule has 0 aliphatic carbocycles. The highest BCUT2D eigenvalue weighted by atomic mass is 16.3. The lowest BCUT2D eigenvalue weighted by molar-refractivity contribution is 0.0608. The van der Waals surface area contributed by atoms with Crippen LogP contribution < -0.4 is 5.32 Å². The third-order valence-corrected chi connectivity index (χ3v) is 4.43. The van der Waals surface area contributed by atoms with Gasteiger partial charge in [-0.1, -0.05) is 19.1 Å². The lowest BCUT2D eigenvalue weighted by atomic mass is 10.1. The third kappa shape index (κ3) is 4.29. The van der Waals surface area contributed by atoms with E-state index in [9.17, 15) is 9.90 Å². The number of rotatable bonds is 6. The Morgan fingerprint density at radius 2 is 2.05 bits per heavy atom. The molecule has 1 aromatic rings. The van der Waals surface area contributed by atoms with Crippen LogP contribution in [0.4, 0.5) is 0 Å². The van der Waals surface area contributed by atoms with Crippen molar-refractivity contribution in [3.8, 4) is 0 Å². The number of carbonyl (C=O) groups is 1. The minimum atomic E-state index is -0.0413. The van der Waals surface area contributed by atoms with E-state index >= 15 is 0 Å². The molecule has 5 nitrogen and oxygen atoms in total. The second kappa shape index (κ2) is 8.27. The van der Waals surface area contributed by atoms with Gasteiger partial charge in [-0.3, -0.25) is 14.6 Å². The normalized spacial score (nSPS) is 18.1. The third-order valence-electron chi connectivity index (χ3n) is 4.43. The number of carbonyl (C=O) groups excluding carboxylic acids is 1. The second-order valence-electron chi connectivity index (χ2n) is 5.84. The van der Waals surface area contributed by atoms with Gasteiger partial charge >= 0.3 is 0 Å². The van der Waals surface area contributed by atoms with E-state index in [2.05, 4.69) is 28.1 Å². The van der Waals surface area contributed by atoms with E-state index in [1.165, 1.54) is 5.56 Å². The van der Waals surface area contributed by atoms with Crippen LogP contribution in [0.3, 0.4) is 0 Å². The van der Waals surface area contributed by atoms with E-state index in [0.29, 0.717) is 11.6 Å². The summed E-state index contributed by atoms with van der Waals surface area (Å²) in [6.45, 7) is 7.22. The fourth-order valence-electron chi connectivity index (χ4n) is 3.00. The zero-order chi connectivity index (χ0) is 15.9. The van der Waals surface area contributed by atoms with Crippen molar-refractivity contribution in [1.29, 1.82) is 0 Å². The lowest BCUT2D eigenvalue weighted by Gasteiger charge is -2.38. The highest BCUT2D eigenvalue weighted by molar-refractivity contribution is 5.94. The van der Waals surface area contributed by atoms with E-state index in [1.807, 2.05) is 18.2 Å². The number of nitrogens with zero attached hydrogens (tertiary/aromatic N) is 2. The van der Waals surface area contributed by atoms with E-state index in [0.717, 1.165) is 39.1 Å². The molecule has 1 aromatic carbocycles. The van der Waals surface area contributed by atoms with Crippen molar-refractivity contribution in [2.75, 3.05) is 39.8 Å². The molecular formula is C17H27N3O2. The lowest BCUT2D eigenvalue weighted by Crippen LogP contribution is -2.50. The van der Waals surface area contributed by atoms with Crippen molar-refractivity contribution >= 4 is 5.91 Å². The van der Waals surface area contributed by atoms with Crippen molar-refractivity contribution in [2.24, 2.45) is 0 Å². The van der Waals surface area contributed by atoms with Crippen LogP contribution in [0.15, 0.2) is 24.3 Å². The molecule has 0 aromatic heterocycles. The summed E-state index contributed by atoms with van der Waals surface area (Å²) < 4.78 is 0. The summed E-state index contributed by atoms with van der Waals surface area (Å²) in [5.41, 5.74) is 1.88. The molecule has 0 radical (unpaired) electrons. The zero-order valence-electron chi connectivity index (χ0n) is 13.6. The molecule has 122 valence electrons. The van der Waals surface area contributed by atoms with Crippen molar-refractivity contribution in [2.45, 2.75) is 25.9 Å². The largest absolute Gasteiger partial charge is 0.395 e. The van der Waals surface area contributed by atoms with Gasteiger partial charge in [-0.15, -0.1) is 0 Å². The number of aliphatic hydroxyl groups is 1. The van der Waals surface area contributed by atoms with Crippen molar-refractivity contribution < 1.29 is 9.90 Å². The minimum absolute atomic E-state index is 0.0413. The zero-order valence-corrected chi connectivity index (χ0v) is 13.6. The van der Waals surface area contributed by atoms with Crippen LogP contribution in [-0.2, 0) is 6.54 Å². The maximum Gasteiger partial charge on any atom is 0.251 e. The van der Waals surface area contributed by atoms with Gasteiger partial charge < -0.3 is 10.4 Å². The molecule has 0 bridgehead atoms. The van der Waals surface area contributed by atoms with Gasteiger partial charge in [-0.2, -0.15) is 0 Å². The fourth-order valence-corrected chi connectivity index (χ4v) is 3.00. The van der Waals surface area contributed by atoms with Crippen LogP contribution in [0, 0.1) is 0 Å². The summed E-state index contributed by atoms with van der Waals surface area (Å²) in [7, 11) is 1.65. The predicted molar refractivity (Wildman–Crippen MR) is 87.8 cm³/mol. The van der Waals surface area contributed by atoms with Crippen LogP contribution in [0.25, 0.3) is 0 Å². The Balaban J connectivity index is 1.89. The molecule has 1 atom stereocenters. The first kappa shape index (κ1) is 16.9. The van der Waals surface area contributed by atoms with E-state index in [4.69, 9.17) is 0 Å². The topological polar surface area (TPSA) is 55.8 Å². The first-order valence-corrected chi connectivity index (χ1v) is 8.06. The van der Waals surface area contributed by atoms with Crippen LogP contribution in [0.1, 0.15) is 29.3 Å². The van der Waals surface area contributed by atoms with Gasteiger partial charge in [0.1, 0.15) is 0 Å². The Bertz CT molecular complexity index is 481. The number of benzene rings is 1. The minimum Gasteiger partial charge on any atom is -0.395 e. The predicted octanol–water partition coefficient (Wildman–Crippen LogP) is 0.935. The highest BCUT2D eigenvalue weighted by Crippen LogP contribution is 2.13. The summed E-state index contributed by atoms with van der Waals surface area (Å²) in [6, 6.07) is 8.11. The summed E-state index contributed by atoms with van der Waals surface area (Å²) in [6.07, 6.45) is 0.991. The van der Waals surface area contributed by atoms with Gasteiger partial charge in [-0.25, -0.2) is 0 Å². The molecule has 1 aliphatic rings. The van der Waals surface area contributed by atoms with E-state index in [1.54, 1.807) is 7.05 Å². The molecule has 2 N–H and O–H groups in total. The van der Waals surface area contributed by atoms with Gasteiger partial charge in [0.25, 0.3) is 5.91 Å². The molecule has 5 heteroatoms. The Morgan fingerprint density at radius 1 is 1.32 bits per heavy atom. The van der Waals surface area contributed by atoms with Gasteiger partial charge in [-0.05, 0) is 24.1 Å². The second-order valence-corrected chi connectivity index (χ2v) is 5.84. The summed E-state index contributed by atoms with van der Waals surface area (Å²) in [5.74, 6) is -0.0413. The van der Waals surface area contributed by atoms with Gasteiger partial charge in [0, 0.05) is 51.4 Å². The first-order chi connectivity index (χ1) is 10.7. The number of piperazine rings is 1. The average molecular weight is 305 g/mol. The first-order valence-electron chi connectivity index (χ1n) is 8.06. The van der Waals surface area contributed by atoms with E-state index in [-0.39, 0.29) is 12.5 Å². The Labute approximate surface area is 132 Å².